The molecule has 0 saturated carbocycles. The first-order valence-electron chi connectivity index (χ1n) is 6.41. The number of rotatable bonds is 2. The number of nitriles is 2. The third-order valence-electron chi connectivity index (χ3n) is 3.15. The van der Waals surface area contributed by atoms with Crippen molar-refractivity contribution < 1.29 is 0 Å². The summed E-state index contributed by atoms with van der Waals surface area (Å²) in [6.45, 7) is 2.08. The predicted molar refractivity (Wildman–Crippen MR) is 82.8 cm³/mol. The monoisotopic (exact) mass is 295 g/mol. The van der Waals surface area contributed by atoms with Gasteiger partial charge in [-0.3, -0.25) is 4.79 Å². The van der Waals surface area contributed by atoms with E-state index in [-0.39, 0.29) is 11.1 Å². The summed E-state index contributed by atoms with van der Waals surface area (Å²) in [6, 6.07) is 11.6. The Kier molecular flexibility index (Phi) is 4.37. The highest BCUT2D eigenvalue weighted by Crippen LogP contribution is 2.05. The lowest BCUT2D eigenvalue weighted by molar-refractivity contribution is 0.855. The van der Waals surface area contributed by atoms with E-state index in [9.17, 15) is 4.79 Å². The molecule has 21 heavy (non-hydrogen) atoms. The summed E-state index contributed by atoms with van der Waals surface area (Å²) in [7, 11) is 1.57. The van der Waals surface area contributed by atoms with Gasteiger partial charge in [0.2, 0.25) is 0 Å². The van der Waals surface area contributed by atoms with Crippen molar-refractivity contribution in [2.24, 2.45) is 7.05 Å². The molecule has 0 spiro atoms. The molecule has 0 atom stereocenters. The highest BCUT2D eigenvalue weighted by Gasteiger charge is 2.05. The molecule has 0 radical (unpaired) electrons. The third-order valence-corrected chi connectivity index (χ3v) is 4.33. The second-order valence-corrected chi connectivity index (χ2v) is 5.50. The van der Waals surface area contributed by atoms with Gasteiger partial charge in [-0.15, -0.1) is 11.3 Å². The van der Waals surface area contributed by atoms with Crippen LogP contribution in [0.5, 0.6) is 0 Å². The number of hydrogen-bond donors (Lipinski definition) is 0. The van der Waals surface area contributed by atoms with Gasteiger partial charge in [0, 0.05) is 7.05 Å². The molecule has 5 heteroatoms. The Morgan fingerprint density at radius 2 is 1.90 bits per heavy atom. The van der Waals surface area contributed by atoms with E-state index in [0.717, 1.165) is 23.3 Å². The van der Waals surface area contributed by atoms with Gasteiger partial charge in [-0.2, -0.15) is 10.5 Å². The SMILES string of the molecule is CCc1ccc(C=c2sc(=C(C#N)C#N)n(C)c2=O)cc1. The van der Waals surface area contributed by atoms with Crippen molar-refractivity contribution in [1.29, 1.82) is 10.5 Å². The molecule has 0 N–H and O–H groups in total. The van der Waals surface area contributed by atoms with Crippen molar-refractivity contribution in [1.82, 2.24) is 4.57 Å². The zero-order valence-electron chi connectivity index (χ0n) is 11.8. The second kappa shape index (κ2) is 6.21. The van der Waals surface area contributed by atoms with Crippen LogP contribution in [0.2, 0.25) is 0 Å². The maximum Gasteiger partial charge on any atom is 0.268 e. The van der Waals surface area contributed by atoms with Crippen molar-refractivity contribution in [3.63, 3.8) is 0 Å². The molecule has 4 nitrogen and oxygen atoms in total. The van der Waals surface area contributed by atoms with Gasteiger partial charge in [-0.05, 0) is 23.6 Å². The van der Waals surface area contributed by atoms with Crippen LogP contribution < -0.4 is 14.8 Å². The summed E-state index contributed by atoms with van der Waals surface area (Å²) in [5, 5.41) is 17.8. The Balaban J connectivity index is 2.66. The normalized spacial score (nSPS) is 11.0. The molecule has 0 aliphatic carbocycles. The Hall–Kier alpha value is -2.63. The largest absolute Gasteiger partial charge is 0.300 e. The summed E-state index contributed by atoms with van der Waals surface area (Å²) in [5.41, 5.74) is 1.92. The summed E-state index contributed by atoms with van der Waals surface area (Å²) >= 11 is 1.16. The lowest BCUT2D eigenvalue weighted by atomic mass is 10.1. The minimum Gasteiger partial charge on any atom is -0.300 e. The van der Waals surface area contributed by atoms with Gasteiger partial charge < -0.3 is 4.57 Å². The molecule has 0 unspecified atom stereocenters. The number of thiazole rings is 1. The quantitative estimate of drug-likeness (QED) is 0.831. The highest BCUT2D eigenvalue weighted by molar-refractivity contribution is 7.07. The molecule has 1 aromatic carbocycles. The molecular weight excluding hydrogens is 282 g/mol. The van der Waals surface area contributed by atoms with Gasteiger partial charge in [0.25, 0.3) is 5.56 Å². The fraction of sp³-hybridized carbons (Fsp3) is 0.188. The lowest BCUT2D eigenvalue weighted by Gasteiger charge is -1.96. The first-order chi connectivity index (χ1) is 10.1. The molecule has 0 aliphatic heterocycles. The average Bonchev–Trinajstić information content (AvgIpc) is 2.78. The summed E-state index contributed by atoms with van der Waals surface area (Å²) in [4.78, 5) is 12.2. The van der Waals surface area contributed by atoms with E-state index < -0.39 is 0 Å². The Morgan fingerprint density at radius 3 is 2.43 bits per heavy atom. The fourth-order valence-corrected chi connectivity index (χ4v) is 2.95. The first-order valence-corrected chi connectivity index (χ1v) is 7.23. The molecule has 0 bridgehead atoms. The number of benzene rings is 1. The van der Waals surface area contributed by atoms with E-state index in [1.807, 2.05) is 36.4 Å². The number of hydrogen-bond acceptors (Lipinski definition) is 4. The zero-order valence-corrected chi connectivity index (χ0v) is 12.6. The third kappa shape index (κ3) is 2.94. The van der Waals surface area contributed by atoms with Gasteiger partial charge in [-0.25, -0.2) is 0 Å². The minimum absolute atomic E-state index is 0.0411. The predicted octanol–water partition coefficient (Wildman–Crippen LogP) is 1.04. The van der Waals surface area contributed by atoms with E-state index in [4.69, 9.17) is 10.5 Å². The molecule has 1 aromatic heterocycles. The topological polar surface area (TPSA) is 69.6 Å². The maximum absolute atomic E-state index is 12.2. The van der Waals surface area contributed by atoms with E-state index in [0.29, 0.717) is 9.20 Å². The highest BCUT2D eigenvalue weighted by atomic mass is 32.1. The lowest BCUT2D eigenvalue weighted by Crippen LogP contribution is -2.29. The molecule has 0 saturated heterocycles. The van der Waals surface area contributed by atoms with E-state index in [1.165, 1.54) is 10.1 Å². The Morgan fingerprint density at radius 1 is 1.29 bits per heavy atom. The second-order valence-electron chi connectivity index (χ2n) is 4.47. The summed E-state index contributed by atoms with van der Waals surface area (Å²) in [6.07, 6.45) is 2.75. The molecular formula is C16H13N3OS. The number of aromatic nitrogens is 1. The van der Waals surface area contributed by atoms with Gasteiger partial charge in [0.1, 0.15) is 16.8 Å². The first kappa shape index (κ1) is 14.8. The van der Waals surface area contributed by atoms with Crippen molar-refractivity contribution in [2.75, 3.05) is 0 Å². The molecule has 104 valence electrons. The van der Waals surface area contributed by atoms with Gasteiger partial charge in [0.15, 0.2) is 5.57 Å². The van der Waals surface area contributed by atoms with E-state index in [1.54, 1.807) is 13.1 Å². The van der Waals surface area contributed by atoms with Gasteiger partial charge in [0.05, 0.1) is 4.53 Å². The van der Waals surface area contributed by atoms with Crippen LogP contribution in [-0.4, -0.2) is 4.57 Å². The molecule has 0 aliphatic rings. The molecule has 0 fully saturated rings. The molecule has 1 heterocycles. The van der Waals surface area contributed by atoms with Crippen LogP contribution in [0.15, 0.2) is 29.1 Å². The zero-order chi connectivity index (χ0) is 15.4. The minimum atomic E-state index is -0.197. The van der Waals surface area contributed by atoms with Crippen LogP contribution in [0, 0.1) is 22.7 Å². The molecule has 2 aromatic rings. The average molecular weight is 295 g/mol. The fourth-order valence-electron chi connectivity index (χ4n) is 1.91. The Labute approximate surface area is 126 Å². The maximum atomic E-state index is 12.2. The smallest absolute Gasteiger partial charge is 0.268 e. The number of aryl methyl sites for hydroxylation is 1. The van der Waals surface area contributed by atoms with Crippen LogP contribution in [0.4, 0.5) is 0 Å². The summed E-state index contributed by atoms with van der Waals surface area (Å²) < 4.78 is 2.25. The van der Waals surface area contributed by atoms with Crippen LogP contribution in [-0.2, 0) is 13.5 Å². The van der Waals surface area contributed by atoms with Gasteiger partial charge in [-0.1, -0.05) is 31.2 Å². The van der Waals surface area contributed by atoms with E-state index >= 15 is 0 Å². The van der Waals surface area contributed by atoms with Crippen LogP contribution in [0.3, 0.4) is 0 Å². The van der Waals surface area contributed by atoms with Crippen molar-refractivity contribution in [2.45, 2.75) is 13.3 Å². The van der Waals surface area contributed by atoms with Crippen molar-refractivity contribution >= 4 is 23.0 Å². The standard InChI is InChI=1S/C16H13N3OS/c1-3-11-4-6-12(7-5-11)8-14-15(20)19(2)16(21-14)13(9-17)10-18/h4-8H,3H2,1-2H3. The van der Waals surface area contributed by atoms with E-state index in [2.05, 4.69) is 6.92 Å². The van der Waals surface area contributed by atoms with Crippen LogP contribution >= 0.6 is 11.3 Å². The van der Waals surface area contributed by atoms with Crippen LogP contribution in [0.25, 0.3) is 11.6 Å². The molecule has 2 rings (SSSR count). The Bertz CT molecular complexity index is 902. The summed E-state index contributed by atoms with van der Waals surface area (Å²) in [5.74, 6) is 0. The van der Waals surface area contributed by atoms with Crippen molar-refractivity contribution in [3.8, 4) is 12.1 Å². The van der Waals surface area contributed by atoms with Crippen molar-refractivity contribution in [3.05, 3.63) is 54.9 Å². The molecule has 0 amide bonds. The van der Waals surface area contributed by atoms with Gasteiger partial charge >= 0.3 is 0 Å². The van der Waals surface area contributed by atoms with Crippen LogP contribution in [0.1, 0.15) is 18.1 Å². The number of nitrogens with zero attached hydrogens (tertiary/aromatic N) is 3.